The highest BCUT2D eigenvalue weighted by molar-refractivity contribution is 5.79. The number of anilines is 1. The van der Waals surface area contributed by atoms with Gasteiger partial charge < -0.3 is 24.8 Å². The van der Waals surface area contributed by atoms with Gasteiger partial charge in [0.1, 0.15) is 5.69 Å². The fourth-order valence-electron chi connectivity index (χ4n) is 6.81. The standard InChI is InChI=1S/C31H35F3N6O3/c1-2-43-28-21(4-3-13-36-28)23-6-5-22-24(37-23)18-40(29(42)20-9-14-35-15-10-20)19-30(22)11-16-39(17-12-30)25-7-8-26(41)38-27(25)31(32,33)34/h3-8,13,20,35H,2,9-12,14-19H2,1H3,(H,38,41). The van der Waals surface area contributed by atoms with Crippen molar-refractivity contribution in [1.29, 1.82) is 0 Å². The van der Waals surface area contributed by atoms with Crippen LogP contribution in [0.15, 0.2) is 47.4 Å². The van der Waals surface area contributed by atoms with E-state index in [0.29, 0.717) is 57.2 Å². The average molecular weight is 597 g/mol. The lowest BCUT2D eigenvalue weighted by molar-refractivity contribution is -0.141. The van der Waals surface area contributed by atoms with Crippen LogP contribution in [0.2, 0.25) is 0 Å². The number of alkyl halides is 3. The van der Waals surface area contributed by atoms with Gasteiger partial charge in [0.2, 0.25) is 17.3 Å². The summed E-state index contributed by atoms with van der Waals surface area (Å²) in [6.45, 7) is 5.48. The number of hydrogen-bond acceptors (Lipinski definition) is 7. The molecule has 2 saturated heterocycles. The minimum Gasteiger partial charge on any atom is -0.477 e. The van der Waals surface area contributed by atoms with Gasteiger partial charge in [0.15, 0.2) is 0 Å². The van der Waals surface area contributed by atoms with Crippen LogP contribution >= 0.6 is 0 Å². The second-order valence-electron chi connectivity index (χ2n) is 11.5. The molecule has 2 N–H and O–H groups in total. The number of carbonyl (C=O) groups excluding carboxylic acids is 1. The zero-order chi connectivity index (χ0) is 30.2. The average Bonchev–Trinajstić information content (AvgIpc) is 3.01. The quantitative estimate of drug-likeness (QED) is 0.457. The van der Waals surface area contributed by atoms with Gasteiger partial charge in [-0.25, -0.2) is 4.98 Å². The Hall–Kier alpha value is -3.93. The molecule has 0 unspecified atom stereocenters. The van der Waals surface area contributed by atoms with E-state index in [4.69, 9.17) is 9.72 Å². The van der Waals surface area contributed by atoms with Crippen molar-refractivity contribution in [3.05, 3.63) is 69.9 Å². The van der Waals surface area contributed by atoms with Crippen molar-refractivity contribution in [1.82, 2.24) is 25.2 Å². The summed E-state index contributed by atoms with van der Waals surface area (Å²) in [5.41, 5.74) is 0.967. The van der Waals surface area contributed by atoms with Crippen LogP contribution in [0, 0.1) is 5.92 Å². The second-order valence-corrected chi connectivity index (χ2v) is 11.5. The smallest absolute Gasteiger partial charge is 0.433 e. The number of amides is 1. The zero-order valence-corrected chi connectivity index (χ0v) is 24.0. The molecule has 228 valence electrons. The van der Waals surface area contributed by atoms with Crippen molar-refractivity contribution in [3.63, 3.8) is 0 Å². The number of halogens is 3. The van der Waals surface area contributed by atoms with E-state index in [0.717, 1.165) is 48.8 Å². The van der Waals surface area contributed by atoms with Crippen LogP contribution in [-0.4, -0.2) is 65.1 Å². The second kappa shape index (κ2) is 11.6. The normalized spacial score (nSPS) is 18.9. The monoisotopic (exact) mass is 596 g/mol. The largest absolute Gasteiger partial charge is 0.477 e. The van der Waals surface area contributed by atoms with Crippen LogP contribution in [0.25, 0.3) is 11.3 Å². The van der Waals surface area contributed by atoms with Crippen molar-refractivity contribution >= 4 is 11.6 Å². The number of nitrogens with one attached hydrogen (secondary N) is 2. The van der Waals surface area contributed by atoms with Gasteiger partial charge in [0.05, 0.1) is 35.8 Å². The fraction of sp³-hybridized carbons (Fsp3) is 0.484. The number of piperidine rings is 2. The number of pyridine rings is 3. The number of H-pyrrole nitrogens is 1. The van der Waals surface area contributed by atoms with Gasteiger partial charge in [-0.05, 0) is 75.5 Å². The number of nitrogens with zero attached hydrogens (tertiary/aromatic N) is 4. The van der Waals surface area contributed by atoms with Crippen LogP contribution < -0.4 is 20.5 Å². The van der Waals surface area contributed by atoms with E-state index in [2.05, 4.69) is 16.4 Å². The Morgan fingerprint density at radius 1 is 1.12 bits per heavy atom. The summed E-state index contributed by atoms with van der Waals surface area (Å²) in [6.07, 6.45) is -0.406. The molecule has 3 aliphatic rings. The first-order chi connectivity index (χ1) is 20.7. The Labute approximate surface area is 247 Å². The maximum Gasteiger partial charge on any atom is 0.433 e. The van der Waals surface area contributed by atoms with Crippen LogP contribution in [-0.2, 0) is 22.9 Å². The zero-order valence-electron chi connectivity index (χ0n) is 24.0. The predicted molar refractivity (Wildman–Crippen MR) is 155 cm³/mol. The van der Waals surface area contributed by atoms with Crippen molar-refractivity contribution in [2.45, 2.75) is 50.7 Å². The molecule has 0 radical (unpaired) electrons. The molecule has 0 atom stereocenters. The summed E-state index contributed by atoms with van der Waals surface area (Å²) >= 11 is 0. The lowest BCUT2D eigenvalue weighted by atomic mass is 9.69. The minimum absolute atomic E-state index is 0.0332. The van der Waals surface area contributed by atoms with Crippen LogP contribution in [0.1, 0.15) is 49.6 Å². The molecule has 1 spiro atoms. The van der Waals surface area contributed by atoms with Gasteiger partial charge in [0, 0.05) is 43.2 Å². The minimum atomic E-state index is -4.69. The predicted octanol–water partition coefficient (Wildman–Crippen LogP) is 4.13. The van der Waals surface area contributed by atoms with Gasteiger partial charge in [-0.3, -0.25) is 14.6 Å². The Morgan fingerprint density at radius 3 is 2.60 bits per heavy atom. The summed E-state index contributed by atoms with van der Waals surface area (Å²) < 4.78 is 47.2. The van der Waals surface area contributed by atoms with Crippen LogP contribution in [0.3, 0.4) is 0 Å². The third kappa shape index (κ3) is 5.72. The van der Waals surface area contributed by atoms with Gasteiger partial charge in [-0.2, -0.15) is 13.2 Å². The molecule has 0 aromatic carbocycles. The summed E-state index contributed by atoms with van der Waals surface area (Å²) in [7, 11) is 0. The van der Waals surface area contributed by atoms with Gasteiger partial charge >= 0.3 is 6.18 Å². The first-order valence-corrected chi connectivity index (χ1v) is 14.8. The maximum absolute atomic E-state index is 13.8. The number of carbonyl (C=O) groups is 1. The number of ether oxygens (including phenoxy) is 1. The molecule has 9 nitrogen and oxygen atoms in total. The molecule has 3 aliphatic heterocycles. The SMILES string of the molecule is CCOc1ncccc1-c1ccc2c(n1)CN(C(=O)C1CCNCC1)CC21CCN(c2ccc(=O)[nH]c2C(F)(F)F)CC1. The molecule has 6 heterocycles. The Kier molecular flexibility index (Phi) is 7.89. The Bertz CT molecular complexity index is 1540. The van der Waals surface area contributed by atoms with Gasteiger partial charge in [-0.1, -0.05) is 6.07 Å². The molecule has 0 saturated carbocycles. The molecule has 3 aromatic rings. The fourth-order valence-corrected chi connectivity index (χ4v) is 6.81. The maximum atomic E-state index is 13.8. The van der Waals surface area contributed by atoms with Gasteiger partial charge in [-0.15, -0.1) is 0 Å². The topological polar surface area (TPSA) is 103 Å². The molecule has 0 aliphatic carbocycles. The summed E-state index contributed by atoms with van der Waals surface area (Å²) in [4.78, 5) is 40.6. The first kappa shape index (κ1) is 29.2. The van der Waals surface area contributed by atoms with E-state index in [1.54, 1.807) is 11.1 Å². The van der Waals surface area contributed by atoms with E-state index in [-0.39, 0.29) is 17.5 Å². The molecule has 12 heteroatoms. The summed E-state index contributed by atoms with van der Waals surface area (Å²) in [5, 5.41) is 3.32. The number of hydrogen-bond donors (Lipinski definition) is 2. The van der Waals surface area contributed by atoms with E-state index in [1.165, 1.54) is 6.07 Å². The highest BCUT2D eigenvalue weighted by Crippen LogP contribution is 2.45. The molecule has 0 bridgehead atoms. The Morgan fingerprint density at radius 2 is 1.88 bits per heavy atom. The molecular formula is C31H35F3N6O3. The summed E-state index contributed by atoms with van der Waals surface area (Å²) in [6, 6.07) is 10.1. The van der Waals surface area contributed by atoms with E-state index in [1.807, 2.05) is 35.0 Å². The lowest BCUT2D eigenvalue weighted by Gasteiger charge is -2.49. The van der Waals surface area contributed by atoms with Gasteiger partial charge in [0.25, 0.3) is 0 Å². The molecular weight excluding hydrogens is 561 g/mol. The first-order valence-electron chi connectivity index (χ1n) is 14.8. The van der Waals surface area contributed by atoms with E-state index >= 15 is 0 Å². The summed E-state index contributed by atoms with van der Waals surface area (Å²) in [5.74, 6) is 0.527. The third-order valence-electron chi connectivity index (χ3n) is 8.95. The lowest BCUT2D eigenvalue weighted by Crippen LogP contribution is -2.55. The molecule has 1 amide bonds. The number of rotatable bonds is 5. The molecule has 6 rings (SSSR count). The number of fused-ring (bicyclic) bond motifs is 2. The molecule has 3 aromatic heterocycles. The van der Waals surface area contributed by atoms with E-state index in [9.17, 15) is 22.8 Å². The number of aromatic amines is 1. The van der Waals surface area contributed by atoms with Crippen molar-refractivity contribution in [3.8, 4) is 17.1 Å². The third-order valence-corrected chi connectivity index (χ3v) is 8.95. The van der Waals surface area contributed by atoms with Crippen molar-refractivity contribution in [2.75, 3.05) is 44.2 Å². The van der Waals surface area contributed by atoms with Crippen molar-refractivity contribution in [2.24, 2.45) is 5.92 Å². The van der Waals surface area contributed by atoms with Crippen LogP contribution in [0.5, 0.6) is 5.88 Å². The molecule has 2 fully saturated rings. The Balaban J connectivity index is 1.35. The highest BCUT2D eigenvalue weighted by Gasteiger charge is 2.46. The van der Waals surface area contributed by atoms with Crippen molar-refractivity contribution < 1.29 is 22.7 Å². The number of aromatic nitrogens is 3. The van der Waals surface area contributed by atoms with Crippen LogP contribution in [0.4, 0.5) is 18.9 Å². The van der Waals surface area contributed by atoms with E-state index < -0.39 is 22.8 Å². The highest BCUT2D eigenvalue weighted by atomic mass is 19.4. The molecule has 43 heavy (non-hydrogen) atoms.